The lowest BCUT2D eigenvalue weighted by atomic mass is 10.3. The summed E-state index contributed by atoms with van der Waals surface area (Å²) in [6.45, 7) is 5.89. The van der Waals surface area contributed by atoms with Crippen LogP contribution in [0.25, 0.3) is 5.78 Å². The number of benzene rings is 1. The van der Waals surface area contributed by atoms with Crippen molar-refractivity contribution >= 4 is 23.2 Å². The van der Waals surface area contributed by atoms with Gasteiger partial charge in [0.05, 0.1) is 0 Å². The van der Waals surface area contributed by atoms with Gasteiger partial charge in [-0.05, 0) is 32.9 Å². The van der Waals surface area contributed by atoms with E-state index < -0.39 is 0 Å². The fourth-order valence-corrected chi connectivity index (χ4v) is 3.01. The molecule has 5 nitrogen and oxygen atoms in total. The lowest BCUT2D eigenvalue weighted by molar-refractivity contribution is 0.804. The highest BCUT2D eigenvalue weighted by Crippen LogP contribution is 2.34. The minimum absolute atomic E-state index is 0.627. The van der Waals surface area contributed by atoms with E-state index in [1.807, 2.05) is 45.0 Å². The molecule has 0 bridgehead atoms. The Hall–Kier alpha value is -2.08. The van der Waals surface area contributed by atoms with Crippen molar-refractivity contribution in [3.8, 4) is 0 Å². The second-order valence-electron chi connectivity index (χ2n) is 4.64. The van der Waals surface area contributed by atoms with Gasteiger partial charge in [-0.2, -0.15) is 9.50 Å². The Morgan fingerprint density at radius 1 is 1.10 bits per heavy atom. The zero-order valence-electron chi connectivity index (χ0n) is 11.6. The molecule has 2 aromatic heterocycles. The van der Waals surface area contributed by atoms with E-state index in [4.69, 9.17) is 5.73 Å². The normalized spacial score (nSPS) is 11.2. The van der Waals surface area contributed by atoms with Gasteiger partial charge < -0.3 is 5.73 Å². The molecule has 0 atom stereocenters. The number of nitrogens with zero attached hydrogens (tertiary/aromatic N) is 4. The molecule has 0 spiro atoms. The first kappa shape index (κ1) is 12.9. The van der Waals surface area contributed by atoms with Crippen molar-refractivity contribution in [2.24, 2.45) is 0 Å². The SMILES string of the molecule is Cc1nc2nc(C)c(C)c(Sc3ccccc3N)n2n1. The molecule has 0 unspecified atom stereocenters. The Balaban J connectivity index is 2.20. The number of hydrogen-bond donors (Lipinski definition) is 1. The molecule has 0 saturated heterocycles. The van der Waals surface area contributed by atoms with Gasteiger partial charge in [0.1, 0.15) is 10.9 Å². The highest BCUT2D eigenvalue weighted by atomic mass is 32.2. The Kier molecular flexibility index (Phi) is 3.10. The van der Waals surface area contributed by atoms with E-state index in [-0.39, 0.29) is 0 Å². The van der Waals surface area contributed by atoms with Crippen LogP contribution in [0.5, 0.6) is 0 Å². The standard InChI is InChI=1S/C14H15N5S/c1-8-9(2)16-14-17-10(3)18-19(14)13(8)20-12-7-5-4-6-11(12)15/h4-7H,15H2,1-3H3. The summed E-state index contributed by atoms with van der Waals surface area (Å²) in [5.74, 6) is 1.34. The van der Waals surface area contributed by atoms with Gasteiger partial charge in [-0.25, -0.2) is 4.98 Å². The van der Waals surface area contributed by atoms with Gasteiger partial charge in [-0.15, -0.1) is 5.10 Å². The summed E-state index contributed by atoms with van der Waals surface area (Å²) in [5.41, 5.74) is 8.84. The largest absolute Gasteiger partial charge is 0.398 e. The molecule has 20 heavy (non-hydrogen) atoms. The molecule has 1 aromatic carbocycles. The van der Waals surface area contributed by atoms with Crippen LogP contribution in [0.1, 0.15) is 17.1 Å². The molecule has 0 radical (unpaired) electrons. The van der Waals surface area contributed by atoms with Gasteiger partial charge in [-0.1, -0.05) is 23.9 Å². The Morgan fingerprint density at radius 3 is 2.60 bits per heavy atom. The van der Waals surface area contributed by atoms with E-state index in [1.165, 1.54) is 0 Å². The maximum absolute atomic E-state index is 6.02. The molecule has 102 valence electrons. The summed E-state index contributed by atoms with van der Waals surface area (Å²) in [6.07, 6.45) is 0. The number of hydrogen-bond acceptors (Lipinski definition) is 5. The maximum Gasteiger partial charge on any atom is 0.253 e. The summed E-state index contributed by atoms with van der Waals surface area (Å²) in [4.78, 5) is 9.81. The van der Waals surface area contributed by atoms with Crippen LogP contribution < -0.4 is 5.73 Å². The highest BCUT2D eigenvalue weighted by molar-refractivity contribution is 7.99. The van der Waals surface area contributed by atoms with Crippen molar-refractivity contribution in [1.29, 1.82) is 0 Å². The van der Waals surface area contributed by atoms with Gasteiger partial charge in [0.2, 0.25) is 0 Å². The van der Waals surface area contributed by atoms with Crippen LogP contribution in [0.2, 0.25) is 0 Å². The second-order valence-corrected chi connectivity index (χ2v) is 5.67. The van der Waals surface area contributed by atoms with Crippen LogP contribution in [-0.4, -0.2) is 19.6 Å². The van der Waals surface area contributed by atoms with Crippen molar-refractivity contribution < 1.29 is 0 Å². The van der Waals surface area contributed by atoms with Crippen molar-refractivity contribution in [2.75, 3.05) is 5.73 Å². The third-order valence-electron chi connectivity index (χ3n) is 3.15. The minimum Gasteiger partial charge on any atom is -0.398 e. The Morgan fingerprint density at radius 2 is 1.85 bits per heavy atom. The van der Waals surface area contributed by atoms with Gasteiger partial charge in [-0.3, -0.25) is 0 Å². The fourth-order valence-electron chi connectivity index (χ4n) is 1.96. The zero-order valence-corrected chi connectivity index (χ0v) is 12.4. The molecular formula is C14H15N5S. The molecule has 0 saturated carbocycles. The van der Waals surface area contributed by atoms with Crippen molar-refractivity contribution in [1.82, 2.24) is 19.6 Å². The average molecular weight is 285 g/mol. The smallest absolute Gasteiger partial charge is 0.253 e. The monoisotopic (exact) mass is 285 g/mol. The number of rotatable bonds is 2. The predicted octanol–water partition coefficient (Wildman–Crippen LogP) is 2.78. The van der Waals surface area contributed by atoms with Crippen molar-refractivity contribution in [2.45, 2.75) is 30.7 Å². The summed E-state index contributed by atoms with van der Waals surface area (Å²) in [5, 5.41) is 5.43. The molecule has 0 aliphatic carbocycles. The van der Waals surface area contributed by atoms with Gasteiger partial charge in [0, 0.05) is 21.8 Å². The Labute approximate surface area is 121 Å². The van der Waals surface area contributed by atoms with E-state index in [2.05, 4.69) is 15.1 Å². The Bertz CT molecular complexity index is 794. The average Bonchev–Trinajstić information content (AvgIpc) is 2.77. The first-order valence-electron chi connectivity index (χ1n) is 6.29. The molecule has 0 amide bonds. The first-order chi connectivity index (χ1) is 9.56. The quantitative estimate of drug-likeness (QED) is 0.579. The molecule has 0 fully saturated rings. The number of nitrogen functional groups attached to an aromatic ring is 1. The van der Waals surface area contributed by atoms with Crippen LogP contribution in [0, 0.1) is 20.8 Å². The third-order valence-corrected chi connectivity index (χ3v) is 4.41. The lowest BCUT2D eigenvalue weighted by Crippen LogP contribution is -2.02. The van der Waals surface area contributed by atoms with Crippen LogP contribution in [0.15, 0.2) is 34.2 Å². The molecule has 3 aromatic rings. The second kappa shape index (κ2) is 4.79. The van der Waals surface area contributed by atoms with E-state index in [1.54, 1.807) is 16.3 Å². The van der Waals surface area contributed by atoms with Crippen LogP contribution in [-0.2, 0) is 0 Å². The van der Waals surface area contributed by atoms with Gasteiger partial charge in [0.15, 0.2) is 0 Å². The lowest BCUT2D eigenvalue weighted by Gasteiger charge is -2.10. The van der Waals surface area contributed by atoms with E-state index in [9.17, 15) is 0 Å². The fraction of sp³-hybridized carbons (Fsp3) is 0.214. The number of aromatic nitrogens is 4. The highest BCUT2D eigenvalue weighted by Gasteiger charge is 2.14. The number of para-hydroxylation sites is 1. The van der Waals surface area contributed by atoms with Crippen LogP contribution in [0.4, 0.5) is 5.69 Å². The van der Waals surface area contributed by atoms with Crippen molar-refractivity contribution in [3.05, 3.63) is 41.3 Å². The number of aryl methyl sites for hydroxylation is 2. The summed E-state index contributed by atoms with van der Waals surface area (Å²) >= 11 is 1.59. The minimum atomic E-state index is 0.627. The van der Waals surface area contributed by atoms with Crippen molar-refractivity contribution in [3.63, 3.8) is 0 Å². The molecule has 3 rings (SSSR count). The van der Waals surface area contributed by atoms with Crippen LogP contribution in [0.3, 0.4) is 0 Å². The summed E-state index contributed by atoms with van der Waals surface area (Å²) in [7, 11) is 0. The third kappa shape index (κ3) is 2.12. The molecule has 0 aliphatic heterocycles. The van der Waals surface area contributed by atoms with E-state index in [0.29, 0.717) is 11.6 Å². The molecule has 2 heterocycles. The summed E-state index contributed by atoms with van der Waals surface area (Å²) < 4.78 is 1.79. The van der Waals surface area contributed by atoms with E-state index >= 15 is 0 Å². The predicted molar refractivity (Wildman–Crippen MR) is 80.0 cm³/mol. The topological polar surface area (TPSA) is 69.1 Å². The van der Waals surface area contributed by atoms with Gasteiger partial charge in [0.25, 0.3) is 5.78 Å². The van der Waals surface area contributed by atoms with E-state index in [0.717, 1.165) is 26.9 Å². The number of nitrogens with two attached hydrogens (primary N) is 1. The number of anilines is 1. The molecular weight excluding hydrogens is 270 g/mol. The molecule has 0 aliphatic rings. The molecule has 6 heteroatoms. The molecule has 2 N–H and O–H groups in total. The zero-order chi connectivity index (χ0) is 14.3. The van der Waals surface area contributed by atoms with Crippen LogP contribution >= 0.6 is 11.8 Å². The number of fused-ring (bicyclic) bond motifs is 1. The summed E-state index contributed by atoms with van der Waals surface area (Å²) in [6, 6.07) is 7.81. The van der Waals surface area contributed by atoms with Gasteiger partial charge >= 0.3 is 0 Å². The first-order valence-corrected chi connectivity index (χ1v) is 7.11. The maximum atomic E-state index is 6.02.